The molecule has 1 aromatic carbocycles. The van der Waals surface area contributed by atoms with E-state index in [0.717, 1.165) is 18.4 Å². The predicted octanol–water partition coefficient (Wildman–Crippen LogP) is 2.42. The molecule has 1 heterocycles. The molecule has 0 unspecified atom stereocenters. The van der Waals surface area contributed by atoms with Crippen LogP contribution in [0.15, 0.2) is 29.4 Å². The highest BCUT2D eigenvalue weighted by molar-refractivity contribution is 6.30. The summed E-state index contributed by atoms with van der Waals surface area (Å²) in [5, 5.41) is 15.7. The lowest BCUT2D eigenvalue weighted by Gasteiger charge is -2.07. The third-order valence-corrected chi connectivity index (χ3v) is 2.36. The zero-order valence-corrected chi connectivity index (χ0v) is 8.24. The van der Waals surface area contributed by atoms with Crippen LogP contribution in [0.4, 0.5) is 0 Å². The fourth-order valence-electron chi connectivity index (χ4n) is 1.40. The molecule has 1 aliphatic rings. The SMILES string of the molecule is [O-][N+]1=C(c2ccc(Cl)cc2)CCC=N1. The molecule has 72 valence electrons. The first-order chi connectivity index (χ1) is 6.77. The molecule has 14 heavy (non-hydrogen) atoms. The standard InChI is InChI=1S/C10H9ClN2O/c11-9-5-3-8(4-6-9)10-2-1-7-12-13(10)14/h3-7H,1-2H2. The van der Waals surface area contributed by atoms with Crippen LogP contribution < -0.4 is 0 Å². The van der Waals surface area contributed by atoms with E-state index in [2.05, 4.69) is 5.10 Å². The van der Waals surface area contributed by atoms with Gasteiger partial charge in [0, 0.05) is 22.1 Å². The Morgan fingerprint density at radius 2 is 2.00 bits per heavy atom. The molecule has 3 nitrogen and oxygen atoms in total. The zero-order valence-electron chi connectivity index (χ0n) is 7.48. The van der Waals surface area contributed by atoms with Crippen molar-refractivity contribution in [3.8, 4) is 0 Å². The second-order valence-electron chi connectivity index (χ2n) is 3.06. The summed E-state index contributed by atoms with van der Waals surface area (Å²) in [5.74, 6) is 0. The van der Waals surface area contributed by atoms with E-state index in [1.807, 2.05) is 12.1 Å². The van der Waals surface area contributed by atoms with Gasteiger partial charge in [-0.2, -0.15) is 0 Å². The fraction of sp³-hybridized carbons (Fsp3) is 0.200. The fourth-order valence-corrected chi connectivity index (χ4v) is 1.52. The molecule has 0 amide bonds. The van der Waals surface area contributed by atoms with Crippen molar-refractivity contribution in [3.05, 3.63) is 40.1 Å². The number of benzene rings is 1. The Kier molecular flexibility index (Phi) is 2.50. The summed E-state index contributed by atoms with van der Waals surface area (Å²) in [6, 6.07) is 7.22. The first-order valence-electron chi connectivity index (χ1n) is 4.39. The highest BCUT2D eigenvalue weighted by Crippen LogP contribution is 2.13. The van der Waals surface area contributed by atoms with Crippen LogP contribution >= 0.6 is 11.6 Å². The number of halogens is 1. The van der Waals surface area contributed by atoms with Crippen LogP contribution in [0.25, 0.3) is 0 Å². The average molecular weight is 209 g/mol. The van der Waals surface area contributed by atoms with Gasteiger partial charge in [-0.05, 0) is 30.7 Å². The molecule has 4 heteroatoms. The summed E-state index contributed by atoms with van der Waals surface area (Å²) in [5.41, 5.74) is 1.59. The molecule has 0 spiro atoms. The van der Waals surface area contributed by atoms with E-state index in [1.165, 1.54) is 0 Å². The lowest BCUT2D eigenvalue weighted by atomic mass is 10.1. The van der Waals surface area contributed by atoms with Crippen molar-refractivity contribution in [2.45, 2.75) is 12.8 Å². The first-order valence-corrected chi connectivity index (χ1v) is 4.76. The molecular formula is C10H9ClN2O. The van der Waals surface area contributed by atoms with Crippen LogP contribution in [0, 0.1) is 5.21 Å². The van der Waals surface area contributed by atoms with Crippen LogP contribution in [-0.4, -0.2) is 16.8 Å². The molecule has 0 bridgehead atoms. The van der Waals surface area contributed by atoms with Crippen molar-refractivity contribution in [2.75, 3.05) is 0 Å². The third-order valence-electron chi connectivity index (χ3n) is 2.11. The van der Waals surface area contributed by atoms with Gasteiger partial charge in [0.15, 0.2) is 0 Å². The van der Waals surface area contributed by atoms with E-state index in [-0.39, 0.29) is 0 Å². The maximum atomic E-state index is 11.3. The Balaban J connectivity index is 2.39. The monoisotopic (exact) mass is 208 g/mol. The van der Waals surface area contributed by atoms with Gasteiger partial charge in [-0.1, -0.05) is 16.4 Å². The van der Waals surface area contributed by atoms with Gasteiger partial charge in [0.05, 0.1) is 6.21 Å². The summed E-state index contributed by atoms with van der Waals surface area (Å²) in [4.78, 5) is 0.673. The summed E-state index contributed by atoms with van der Waals surface area (Å²) >= 11 is 5.76. The predicted molar refractivity (Wildman–Crippen MR) is 56.9 cm³/mol. The van der Waals surface area contributed by atoms with Crippen molar-refractivity contribution >= 4 is 23.5 Å². The Labute approximate surface area is 86.9 Å². The van der Waals surface area contributed by atoms with Crippen LogP contribution in [0.3, 0.4) is 0 Å². The Morgan fingerprint density at radius 1 is 1.29 bits per heavy atom. The van der Waals surface area contributed by atoms with Crippen LogP contribution in [0.5, 0.6) is 0 Å². The second kappa shape index (κ2) is 3.80. The van der Waals surface area contributed by atoms with Crippen molar-refractivity contribution in [1.29, 1.82) is 0 Å². The maximum absolute atomic E-state index is 11.3. The smallest absolute Gasteiger partial charge is 0.229 e. The molecule has 0 atom stereocenters. The normalized spacial score (nSPS) is 16.1. The minimum atomic E-state index is 0.672. The summed E-state index contributed by atoms with van der Waals surface area (Å²) in [6.07, 6.45) is 3.18. The maximum Gasteiger partial charge on any atom is 0.229 e. The highest BCUT2D eigenvalue weighted by atomic mass is 35.5. The molecule has 0 radical (unpaired) electrons. The van der Waals surface area contributed by atoms with Gasteiger partial charge in [-0.3, -0.25) is 0 Å². The van der Waals surface area contributed by atoms with Gasteiger partial charge in [0.25, 0.3) is 0 Å². The van der Waals surface area contributed by atoms with Crippen LogP contribution in [-0.2, 0) is 0 Å². The molecule has 0 aromatic heterocycles. The van der Waals surface area contributed by atoms with Gasteiger partial charge in [0.1, 0.15) is 0 Å². The zero-order chi connectivity index (χ0) is 9.97. The summed E-state index contributed by atoms with van der Waals surface area (Å²) in [6.45, 7) is 0. The van der Waals surface area contributed by atoms with Gasteiger partial charge in [-0.25, -0.2) is 0 Å². The average Bonchev–Trinajstić information content (AvgIpc) is 2.20. The van der Waals surface area contributed by atoms with E-state index in [9.17, 15) is 5.21 Å². The van der Waals surface area contributed by atoms with Gasteiger partial charge >= 0.3 is 0 Å². The van der Waals surface area contributed by atoms with Gasteiger partial charge in [0.2, 0.25) is 5.71 Å². The Hall–Kier alpha value is -1.35. The quantitative estimate of drug-likeness (QED) is 0.516. The number of nitrogens with zero attached hydrogens (tertiary/aromatic N) is 2. The Morgan fingerprint density at radius 3 is 2.64 bits per heavy atom. The third kappa shape index (κ3) is 1.77. The first kappa shape index (κ1) is 9.21. The van der Waals surface area contributed by atoms with Crippen molar-refractivity contribution in [3.63, 3.8) is 0 Å². The lowest BCUT2D eigenvalue weighted by molar-refractivity contribution is -0.464. The molecule has 1 aromatic rings. The highest BCUT2D eigenvalue weighted by Gasteiger charge is 2.15. The van der Waals surface area contributed by atoms with Crippen molar-refractivity contribution in [2.24, 2.45) is 5.10 Å². The van der Waals surface area contributed by atoms with Crippen LogP contribution in [0.1, 0.15) is 18.4 Å². The van der Waals surface area contributed by atoms with Crippen molar-refractivity contribution < 1.29 is 4.85 Å². The number of hydrogen-bond donors (Lipinski definition) is 0. The van der Waals surface area contributed by atoms with E-state index in [4.69, 9.17) is 11.6 Å². The number of hydrogen-bond acceptors (Lipinski definition) is 2. The number of hydrazone groups is 1. The van der Waals surface area contributed by atoms with Gasteiger partial charge < -0.3 is 5.21 Å². The largest absolute Gasteiger partial charge is 0.594 e. The summed E-state index contributed by atoms with van der Waals surface area (Å²) in [7, 11) is 0. The van der Waals surface area contributed by atoms with E-state index < -0.39 is 0 Å². The molecule has 2 rings (SSSR count). The molecule has 0 saturated carbocycles. The van der Waals surface area contributed by atoms with E-state index >= 15 is 0 Å². The molecule has 1 aliphatic heterocycles. The molecule has 0 saturated heterocycles. The Bertz CT molecular complexity index is 395. The minimum Gasteiger partial charge on any atom is -0.594 e. The van der Waals surface area contributed by atoms with Crippen LogP contribution in [0.2, 0.25) is 5.02 Å². The second-order valence-corrected chi connectivity index (χ2v) is 3.50. The molecule has 0 N–H and O–H groups in total. The van der Waals surface area contributed by atoms with E-state index in [1.54, 1.807) is 18.3 Å². The molecular weight excluding hydrogens is 200 g/mol. The van der Waals surface area contributed by atoms with Gasteiger partial charge in [-0.15, -0.1) is 0 Å². The minimum absolute atomic E-state index is 0.672. The molecule has 0 fully saturated rings. The summed E-state index contributed by atoms with van der Waals surface area (Å²) < 4.78 is 0. The topological polar surface area (TPSA) is 38.4 Å². The lowest BCUT2D eigenvalue weighted by Crippen LogP contribution is -2.16. The molecule has 0 aliphatic carbocycles. The number of rotatable bonds is 1. The van der Waals surface area contributed by atoms with E-state index in [0.29, 0.717) is 15.6 Å². The van der Waals surface area contributed by atoms with Crippen molar-refractivity contribution in [1.82, 2.24) is 0 Å².